The minimum absolute atomic E-state index is 0.0697. The van der Waals surface area contributed by atoms with Crippen LogP contribution in [-0.2, 0) is 9.59 Å². The third-order valence-electron chi connectivity index (χ3n) is 4.64. The lowest BCUT2D eigenvalue weighted by Crippen LogP contribution is -2.54. The van der Waals surface area contributed by atoms with Crippen LogP contribution in [0.5, 0.6) is 0 Å². The van der Waals surface area contributed by atoms with E-state index in [2.05, 4.69) is 26.1 Å². The van der Waals surface area contributed by atoms with Crippen molar-refractivity contribution in [3.63, 3.8) is 0 Å². The topological polar surface area (TPSA) is 65.8 Å². The van der Waals surface area contributed by atoms with E-state index in [0.717, 1.165) is 35.3 Å². The van der Waals surface area contributed by atoms with Gasteiger partial charge in [-0.3, -0.25) is 19.8 Å². The van der Waals surface area contributed by atoms with E-state index >= 15 is 0 Å². The molecule has 10 heteroatoms. The van der Waals surface area contributed by atoms with Gasteiger partial charge in [-0.2, -0.15) is 0 Å². The summed E-state index contributed by atoms with van der Waals surface area (Å²) in [7, 11) is 0. The highest BCUT2D eigenvalue weighted by Crippen LogP contribution is 2.36. The molecule has 6 nitrogen and oxygen atoms in total. The Hall–Kier alpha value is -1.87. The number of carbonyl (C=O) groups is 2. The van der Waals surface area contributed by atoms with Crippen LogP contribution in [0.3, 0.4) is 0 Å². The van der Waals surface area contributed by atoms with Crippen LogP contribution >= 0.6 is 51.3 Å². The summed E-state index contributed by atoms with van der Waals surface area (Å²) in [5.41, 5.74) is 0.169. The van der Waals surface area contributed by atoms with Crippen LogP contribution in [0.1, 0.15) is 18.6 Å². The van der Waals surface area contributed by atoms with Gasteiger partial charge in [0.2, 0.25) is 5.88 Å². The molecule has 0 atom stereocenters. The Balaban J connectivity index is 1.71. The summed E-state index contributed by atoms with van der Waals surface area (Å²) in [6.07, 6.45) is 3.59. The smallest absolute Gasteiger partial charge is 0.270 e. The molecule has 1 aromatic carbocycles. The Labute approximate surface area is 190 Å². The lowest BCUT2D eigenvalue weighted by atomic mass is 10.1. The molecule has 2 aromatic rings. The number of hydrogen-bond donors (Lipinski definition) is 1. The normalized spacial score (nSPS) is 18.7. The molecule has 2 fully saturated rings. The van der Waals surface area contributed by atoms with Gasteiger partial charge in [0.15, 0.2) is 5.11 Å². The van der Waals surface area contributed by atoms with Crippen molar-refractivity contribution in [3.8, 4) is 0 Å². The summed E-state index contributed by atoms with van der Waals surface area (Å²) in [6.45, 7) is 1.80. The first-order chi connectivity index (χ1) is 13.9. The monoisotopic (exact) mass is 513 g/mol. The number of amides is 2. The van der Waals surface area contributed by atoms with Gasteiger partial charge in [0.1, 0.15) is 11.3 Å². The largest absolute Gasteiger partial charge is 0.440 e. The number of thiocarbonyl (C=S) groups is 1. The minimum Gasteiger partial charge on any atom is -0.440 e. The van der Waals surface area contributed by atoms with E-state index in [9.17, 15) is 9.59 Å². The third-order valence-corrected chi connectivity index (χ3v) is 6.30. The van der Waals surface area contributed by atoms with Gasteiger partial charge in [0.05, 0.1) is 20.2 Å². The molecule has 29 heavy (non-hydrogen) atoms. The average Bonchev–Trinajstić information content (AvgIpc) is 3.31. The van der Waals surface area contributed by atoms with Gasteiger partial charge in [-0.05, 0) is 59.2 Å². The molecule has 0 unspecified atom stereocenters. The minimum atomic E-state index is -0.613. The molecule has 2 amide bonds. The molecule has 2 saturated heterocycles. The lowest BCUT2D eigenvalue weighted by molar-refractivity contribution is -0.122. The Morgan fingerprint density at radius 1 is 1.21 bits per heavy atom. The Morgan fingerprint density at radius 3 is 2.66 bits per heavy atom. The number of carbonyl (C=O) groups excluding carboxylic acids is 2. The molecule has 0 spiro atoms. The maximum absolute atomic E-state index is 13.1. The summed E-state index contributed by atoms with van der Waals surface area (Å²) < 4.78 is 6.64. The number of benzene rings is 1. The van der Waals surface area contributed by atoms with Gasteiger partial charge in [-0.15, -0.1) is 0 Å². The van der Waals surface area contributed by atoms with Crippen molar-refractivity contribution in [2.24, 2.45) is 0 Å². The molecule has 4 rings (SSSR count). The van der Waals surface area contributed by atoms with Gasteiger partial charge in [0, 0.05) is 19.2 Å². The van der Waals surface area contributed by atoms with Crippen molar-refractivity contribution in [2.75, 3.05) is 22.9 Å². The second kappa shape index (κ2) is 8.10. The van der Waals surface area contributed by atoms with Crippen molar-refractivity contribution in [2.45, 2.75) is 12.8 Å². The first kappa shape index (κ1) is 20.4. The second-order valence-corrected chi connectivity index (χ2v) is 8.55. The van der Waals surface area contributed by atoms with Crippen LogP contribution in [-0.4, -0.2) is 30.0 Å². The van der Waals surface area contributed by atoms with Gasteiger partial charge >= 0.3 is 0 Å². The average molecular weight is 515 g/mol. The summed E-state index contributed by atoms with van der Waals surface area (Å²) in [5, 5.41) is 2.88. The first-order valence-corrected chi connectivity index (χ1v) is 10.7. The van der Waals surface area contributed by atoms with Crippen LogP contribution in [0.2, 0.25) is 10.0 Å². The maximum atomic E-state index is 13.1. The molecule has 1 aromatic heterocycles. The summed E-state index contributed by atoms with van der Waals surface area (Å²) >= 11 is 21.0. The zero-order valence-corrected chi connectivity index (χ0v) is 18.8. The Bertz CT molecular complexity index is 1060. The fourth-order valence-corrected chi connectivity index (χ4v) is 4.48. The number of nitrogens with zero attached hydrogens (tertiary/aromatic N) is 2. The number of rotatable bonds is 3. The summed E-state index contributed by atoms with van der Waals surface area (Å²) in [4.78, 5) is 28.8. The standard InChI is InChI=1S/C19H14BrCl2N3O3S/c20-12-9-10(28-18(12)24-6-1-2-7-24)8-11-16(26)23-19(29)25(17(11)27)14-5-3-4-13(21)15(14)22/h3-5,8-9H,1-2,6-7H2,(H,23,26,29)/b11-8+. The Kier molecular flexibility index (Phi) is 5.70. The molecule has 2 aliphatic rings. The van der Waals surface area contributed by atoms with E-state index in [1.165, 1.54) is 6.08 Å². The highest BCUT2D eigenvalue weighted by atomic mass is 79.9. The van der Waals surface area contributed by atoms with Crippen molar-refractivity contribution >= 4 is 85.9 Å². The SMILES string of the molecule is O=C1NC(=S)N(c2cccc(Cl)c2Cl)C(=O)/C1=C/c1cc(Br)c(N2CCCC2)o1. The quantitative estimate of drug-likeness (QED) is 0.362. The van der Waals surface area contributed by atoms with E-state index in [1.807, 2.05) is 0 Å². The molecule has 3 heterocycles. The lowest BCUT2D eigenvalue weighted by Gasteiger charge is -2.29. The van der Waals surface area contributed by atoms with E-state index < -0.39 is 11.8 Å². The third kappa shape index (κ3) is 3.82. The molecule has 0 aliphatic carbocycles. The van der Waals surface area contributed by atoms with Crippen molar-refractivity contribution in [3.05, 3.63) is 50.1 Å². The van der Waals surface area contributed by atoms with Crippen LogP contribution in [0, 0.1) is 0 Å². The van der Waals surface area contributed by atoms with E-state index in [-0.39, 0.29) is 20.7 Å². The van der Waals surface area contributed by atoms with Crippen molar-refractivity contribution in [1.82, 2.24) is 5.32 Å². The second-order valence-electron chi connectivity index (χ2n) is 6.53. The van der Waals surface area contributed by atoms with Crippen LogP contribution in [0.4, 0.5) is 11.6 Å². The highest BCUT2D eigenvalue weighted by molar-refractivity contribution is 9.10. The molecule has 0 saturated carbocycles. The Morgan fingerprint density at radius 2 is 1.93 bits per heavy atom. The van der Waals surface area contributed by atoms with Gasteiger partial charge in [-0.25, -0.2) is 0 Å². The summed E-state index contributed by atoms with van der Waals surface area (Å²) in [5.74, 6) is -0.159. The highest BCUT2D eigenvalue weighted by Gasteiger charge is 2.36. The first-order valence-electron chi connectivity index (χ1n) is 8.76. The fourth-order valence-electron chi connectivity index (χ4n) is 3.27. The molecule has 1 N–H and O–H groups in total. The van der Waals surface area contributed by atoms with Gasteiger partial charge in [0.25, 0.3) is 11.8 Å². The molecule has 0 bridgehead atoms. The predicted molar refractivity (Wildman–Crippen MR) is 121 cm³/mol. The van der Waals surface area contributed by atoms with Crippen LogP contribution < -0.4 is 15.1 Å². The van der Waals surface area contributed by atoms with Gasteiger partial charge < -0.3 is 9.32 Å². The van der Waals surface area contributed by atoms with E-state index in [1.54, 1.807) is 24.3 Å². The number of hydrogen-bond acceptors (Lipinski definition) is 5. The molecule has 150 valence electrons. The number of nitrogens with one attached hydrogen (secondary N) is 1. The number of halogens is 3. The van der Waals surface area contributed by atoms with Crippen LogP contribution in [0.15, 0.2) is 38.7 Å². The van der Waals surface area contributed by atoms with E-state index in [4.69, 9.17) is 39.8 Å². The zero-order valence-electron chi connectivity index (χ0n) is 14.9. The van der Waals surface area contributed by atoms with Crippen LogP contribution in [0.25, 0.3) is 6.08 Å². The number of furan rings is 1. The molecular weight excluding hydrogens is 501 g/mol. The van der Waals surface area contributed by atoms with Gasteiger partial charge in [-0.1, -0.05) is 29.3 Å². The summed E-state index contributed by atoms with van der Waals surface area (Å²) in [6, 6.07) is 6.57. The molecule has 0 radical (unpaired) electrons. The fraction of sp³-hybridized carbons (Fsp3) is 0.211. The van der Waals surface area contributed by atoms with E-state index in [0.29, 0.717) is 17.3 Å². The predicted octanol–water partition coefficient (Wildman–Crippen LogP) is 4.78. The zero-order chi connectivity index (χ0) is 20.7. The van der Waals surface area contributed by atoms with Crippen molar-refractivity contribution < 1.29 is 14.0 Å². The molecule has 2 aliphatic heterocycles. The van der Waals surface area contributed by atoms with Crippen molar-refractivity contribution in [1.29, 1.82) is 0 Å². The molecular formula is C19H14BrCl2N3O3S. The maximum Gasteiger partial charge on any atom is 0.270 e. The number of anilines is 2.